The van der Waals surface area contributed by atoms with Crippen LogP contribution in [-0.4, -0.2) is 4.57 Å². The van der Waals surface area contributed by atoms with Crippen molar-refractivity contribution in [2.45, 2.75) is 0 Å². The number of hydrogen-bond acceptors (Lipinski definition) is 1. The van der Waals surface area contributed by atoms with E-state index < -0.39 is 0 Å². The summed E-state index contributed by atoms with van der Waals surface area (Å²) in [6.45, 7) is 0. The molecule has 2 heteroatoms. The molecule has 0 atom stereocenters. The lowest BCUT2D eigenvalue weighted by molar-refractivity contribution is 1.18. The maximum Gasteiger partial charge on any atom is 0.0541 e. The average Bonchev–Trinajstić information content (AvgIpc) is 3.68. The maximum absolute atomic E-state index is 2.43. The van der Waals surface area contributed by atoms with E-state index in [1.54, 1.807) is 0 Å². The average molecular weight is 789 g/mol. The van der Waals surface area contributed by atoms with Crippen molar-refractivity contribution in [1.29, 1.82) is 0 Å². The number of aromatic nitrogens is 1. The number of anilines is 3. The fourth-order valence-electron chi connectivity index (χ4n) is 9.69. The third-order valence-electron chi connectivity index (χ3n) is 12.6. The Hall–Kier alpha value is -8.20. The summed E-state index contributed by atoms with van der Waals surface area (Å²) in [7, 11) is 0. The molecular formula is C60H40N2. The van der Waals surface area contributed by atoms with E-state index in [-0.39, 0.29) is 0 Å². The smallest absolute Gasteiger partial charge is 0.0541 e. The van der Waals surface area contributed by atoms with Crippen LogP contribution < -0.4 is 4.90 Å². The van der Waals surface area contributed by atoms with Gasteiger partial charge in [-0.15, -0.1) is 0 Å². The van der Waals surface area contributed by atoms with Gasteiger partial charge in [0.25, 0.3) is 0 Å². The molecule has 11 aromatic carbocycles. The van der Waals surface area contributed by atoms with Gasteiger partial charge in [-0.25, -0.2) is 0 Å². The molecule has 290 valence electrons. The summed E-state index contributed by atoms with van der Waals surface area (Å²) in [4.78, 5) is 2.43. The predicted octanol–water partition coefficient (Wildman–Crippen LogP) is 16.7. The Morgan fingerprint density at radius 3 is 1.61 bits per heavy atom. The summed E-state index contributed by atoms with van der Waals surface area (Å²) in [6, 6.07) is 88.6. The van der Waals surface area contributed by atoms with Crippen molar-refractivity contribution in [2.75, 3.05) is 4.90 Å². The highest BCUT2D eigenvalue weighted by Gasteiger charge is 2.20. The zero-order chi connectivity index (χ0) is 41.0. The largest absolute Gasteiger partial charge is 0.310 e. The zero-order valence-electron chi connectivity index (χ0n) is 34.0. The van der Waals surface area contributed by atoms with Crippen LogP contribution in [0.3, 0.4) is 0 Å². The van der Waals surface area contributed by atoms with Gasteiger partial charge in [0, 0.05) is 33.3 Å². The van der Waals surface area contributed by atoms with E-state index in [2.05, 4.69) is 252 Å². The molecular weight excluding hydrogens is 749 g/mol. The van der Waals surface area contributed by atoms with Crippen LogP contribution in [0, 0.1) is 0 Å². The summed E-state index contributed by atoms with van der Waals surface area (Å²) < 4.78 is 2.42. The van der Waals surface area contributed by atoms with Gasteiger partial charge < -0.3 is 9.47 Å². The number of fused-ring (bicyclic) bond motifs is 7. The Labute approximate surface area is 360 Å². The Morgan fingerprint density at radius 1 is 0.274 bits per heavy atom. The van der Waals surface area contributed by atoms with Crippen LogP contribution in [0.25, 0.3) is 93.2 Å². The Bertz CT molecular complexity index is 3600. The fourth-order valence-corrected chi connectivity index (χ4v) is 9.69. The molecule has 0 spiro atoms. The molecule has 1 aromatic heterocycles. The Balaban J connectivity index is 1.03. The van der Waals surface area contributed by atoms with Crippen LogP contribution in [0.4, 0.5) is 17.1 Å². The lowest BCUT2D eigenvalue weighted by Crippen LogP contribution is -2.11. The molecule has 0 fully saturated rings. The van der Waals surface area contributed by atoms with E-state index in [1.165, 1.54) is 81.9 Å². The zero-order valence-corrected chi connectivity index (χ0v) is 34.0. The number of para-hydroxylation sites is 4. The second-order valence-corrected chi connectivity index (χ2v) is 16.1. The van der Waals surface area contributed by atoms with Gasteiger partial charge in [-0.1, -0.05) is 182 Å². The van der Waals surface area contributed by atoms with Crippen LogP contribution in [0.1, 0.15) is 0 Å². The molecule has 0 saturated carbocycles. The number of hydrogen-bond donors (Lipinski definition) is 0. The van der Waals surface area contributed by atoms with Gasteiger partial charge in [0.05, 0.1) is 22.4 Å². The maximum atomic E-state index is 2.43. The van der Waals surface area contributed by atoms with Crippen molar-refractivity contribution in [3.05, 3.63) is 243 Å². The molecule has 0 bridgehead atoms. The van der Waals surface area contributed by atoms with Crippen LogP contribution in [0.15, 0.2) is 243 Å². The molecule has 0 aliphatic rings. The summed E-state index contributed by atoms with van der Waals surface area (Å²) in [6.07, 6.45) is 0. The van der Waals surface area contributed by atoms with E-state index >= 15 is 0 Å². The first-order valence-electron chi connectivity index (χ1n) is 21.3. The van der Waals surface area contributed by atoms with E-state index in [9.17, 15) is 0 Å². The number of benzene rings is 11. The minimum atomic E-state index is 1.08. The van der Waals surface area contributed by atoms with Crippen LogP contribution >= 0.6 is 0 Å². The van der Waals surface area contributed by atoms with Gasteiger partial charge in [-0.2, -0.15) is 0 Å². The highest BCUT2D eigenvalue weighted by molar-refractivity contribution is 6.14. The van der Waals surface area contributed by atoms with Gasteiger partial charge >= 0.3 is 0 Å². The van der Waals surface area contributed by atoms with E-state index in [0.29, 0.717) is 0 Å². The van der Waals surface area contributed by atoms with Crippen LogP contribution in [-0.2, 0) is 0 Å². The second-order valence-electron chi connectivity index (χ2n) is 16.1. The van der Waals surface area contributed by atoms with Gasteiger partial charge in [0.15, 0.2) is 0 Å². The predicted molar refractivity (Wildman–Crippen MR) is 264 cm³/mol. The minimum Gasteiger partial charge on any atom is -0.310 e. The number of rotatable bonds is 7. The Kier molecular flexibility index (Phi) is 8.53. The van der Waals surface area contributed by atoms with Crippen molar-refractivity contribution in [2.24, 2.45) is 0 Å². The van der Waals surface area contributed by atoms with Crippen molar-refractivity contribution < 1.29 is 0 Å². The lowest BCUT2D eigenvalue weighted by atomic mass is 9.93. The molecule has 62 heavy (non-hydrogen) atoms. The highest BCUT2D eigenvalue weighted by atomic mass is 15.1. The van der Waals surface area contributed by atoms with Crippen molar-refractivity contribution in [1.82, 2.24) is 4.57 Å². The molecule has 0 N–H and O–H groups in total. The van der Waals surface area contributed by atoms with E-state index in [1.807, 2.05) is 0 Å². The van der Waals surface area contributed by atoms with Crippen LogP contribution in [0.5, 0.6) is 0 Å². The first kappa shape index (κ1) is 35.7. The second kappa shape index (κ2) is 14.8. The standard InChI is InChI=1S/C60H40N2/c1-2-17-43-38-46(33-32-41(43)16-1)51-23-8-11-28-57(51)61(48-20-15-19-44(39-48)56-40-45-18-3-4-21-49(45)52-24-5-6-25-53(52)56)47-36-34-42(35-37-47)50-22-7-12-29-58(50)62-59-30-13-9-26-54(59)55-27-10-14-31-60(55)62/h1-40H. The molecule has 12 aromatic rings. The minimum absolute atomic E-state index is 1.08. The first-order valence-corrected chi connectivity index (χ1v) is 21.3. The van der Waals surface area contributed by atoms with Gasteiger partial charge in [-0.3, -0.25) is 0 Å². The molecule has 0 aliphatic carbocycles. The molecule has 0 radical (unpaired) electrons. The number of nitrogens with zero attached hydrogens (tertiary/aromatic N) is 2. The molecule has 0 unspecified atom stereocenters. The summed E-state index contributed by atoms with van der Waals surface area (Å²) >= 11 is 0. The van der Waals surface area contributed by atoms with Crippen molar-refractivity contribution >= 4 is 71.2 Å². The van der Waals surface area contributed by atoms with Gasteiger partial charge in [0.2, 0.25) is 0 Å². The van der Waals surface area contributed by atoms with Gasteiger partial charge in [0.1, 0.15) is 0 Å². The van der Waals surface area contributed by atoms with Crippen LogP contribution in [0.2, 0.25) is 0 Å². The monoisotopic (exact) mass is 788 g/mol. The molecule has 0 aliphatic heterocycles. The van der Waals surface area contributed by atoms with Crippen molar-refractivity contribution in [3.63, 3.8) is 0 Å². The topological polar surface area (TPSA) is 8.17 Å². The Morgan fingerprint density at radius 2 is 0.839 bits per heavy atom. The SMILES string of the molecule is c1cc(-c2cc3ccccc3c3ccccc23)cc(N(c2ccc(-c3ccccc3-n3c4ccccc4c4ccccc43)cc2)c2ccccc2-c2ccc3ccccc3c2)c1. The summed E-state index contributed by atoms with van der Waals surface area (Å²) in [5.74, 6) is 0. The normalized spacial score (nSPS) is 11.5. The molecule has 1 heterocycles. The lowest BCUT2D eigenvalue weighted by Gasteiger charge is -2.29. The fraction of sp³-hybridized carbons (Fsp3) is 0. The summed E-state index contributed by atoms with van der Waals surface area (Å²) in [5, 5.41) is 10.00. The summed E-state index contributed by atoms with van der Waals surface area (Å²) in [5.41, 5.74) is 13.9. The van der Waals surface area contributed by atoms with E-state index in [0.717, 1.165) is 28.3 Å². The molecule has 0 amide bonds. The molecule has 0 saturated heterocycles. The molecule has 2 nitrogen and oxygen atoms in total. The third kappa shape index (κ3) is 5.96. The van der Waals surface area contributed by atoms with Gasteiger partial charge in [-0.05, 0) is 115 Å². The third-order valence-corrected chi connectivity index (χ3v) is 12.6. The quantitative estimate of drug-likeness (QED) is 0.146. The van der Waals surface area contributed by atoms with Crippen molar-refractivity contribution in [3.8, 4) is 39.1 Å². The highest BCUT2D eigenvalue weighted by Crippen LogP contribution is 2.45. The van der Waals surface area contributed by atoms with E-state index in [4.69, 9.17) is 0 Å². The molecule has 12 rings (SSSR count). The first-order chi connectivity index (χ1) is 30.8.